The molecule has 0 aromatic heterocycles. The van der Waals surface area contributed by atoms with Crippen molar-refractivity contribution in [2.45, 2.75) is 27.7 Å². The van der Waals surface area contributed by atoms with Crippen molar-refractivity contribution in [2.24, 2.45) is 11.8 Å². The van der Waals surface area contributed by atoms with Crippen LogP contribution in [0.3, 0.4) is 0 Å². The average Bonchev–Trinajstić information content (AvgIpc) is 1.85. The molecule has 11 heavy (non-hydrogen) atoms. The second-order valence-electron chi connectivity index (χ2n) is 3.60. The summed E-state index contributed by atoms with van der Waals surface area (Å²) in [5.74, 6) is 1.28. The third-order valence-electron chi connectivity index (χ3n) is 1.19. The number of hydrogen-bond donors (Lipinski definition) is 0. The summed E-state index contributed by atoms with van der Waals surface area (Å²) in [5.41, 5.74) is 0. The molecular formula is C10H20O. The summed E-state index contributed by atoms with van der Waals surface area (Å²) >= 11 is 0. The molecule has 0 spiro atoms. The summed E-state index contributed by atoms with van der Waals surface area (Å²) in [7, 11) is 0. The zero-order chi connectivity index (χ0) is 8.69. The van der Waals surface area contributed by atoms with Gasteiger partial charge in [0.25, 0.3) is 0 Å². The van der Waals surface area contributed by atoms with Gasteiger partial charge in [-0.25, -0.2) is 0 Å². The zero-order valence-electron chi connectivity index (χ0n) is 8.13. The van der Waals surface area contributed by atoms with Gasteiger partial charge < -0.3 is 4.74 Å². The predicted octanol–water partition coefficient (Wildman–Crippen LogP) is 2.87. The minimum Gasteiger partial charge on any atom is -0.377 e. The van der Waals surface area contributed by atoms with E-state index in [1.807, 2.05) is 0 Å². The zero-order valence-corrected chi connectivity index (χ0v) is 8.13. The molecule has 0 N–H and O–H groups in total. The van der Waals surface area contributed by atoms with Crippen molar-refractivity contribution in [2.75, 3.05) is 13.2 Å². The minimum atomic E-state index is 0.637. The van der Waals surface area contributed by atoms with Gasteiger partial charge >= 0.3 is 0 Å². The smallest absolute Gasteiger partial charge is 0.0647 e. The first-order valence-electron chi connectivity index (χ1n) is 4.37. The van der Waals surface area contributed by atoms with Crippen LogP contribution in [0.4, 0.5) is 0 Å². The van der Waals surface area contributed by atoms with Gasteiger partial charge in [-0.3, -0.25) is 0 Å². The fourth-order valence-corrected chi connectivity index (χ4v) is 0.700. The Morgan fingerprint density at radius 1 is 1.18 bits per heavy atom. The van der Waals surface area contributed by atoms with Crippen LogP contribution < -0.4 is 0 Å². The lowest BCUT2D eigenvalue weighted by Gasteiger charge is -2.03. The van der Waals surface area contributed by atoms with Gasteiger partial charge in [0.2, 0.25) is 0 Å². The van der Waals surface area contributed by atoms with Crippen LogP contribution in [0.2, 0.25) is 0 Å². The van der Waals surface area contributed by atoms with Gasteiger partial charge in [0.1, 0.15) is 0 Å². The molecular weight excluding hydrogens is 136 g/mol. The van der Waals surface area contributed by atoms with Crippen LogP contribution in [0, 0.1) is 11.8 Å². The molecule has 0 aliphatic heterocycles. The van der Waals surface area contributed by atoms with Crippen molar-refractivity contribution < 1.29 is 4.74 Å². The lowest BCUT2D eigenvalue weighted by Crippen LogP contribution is -2.01. The SMILES string of the molecule is CC(C)/C=C\COCC(C)C. The maximum absolute atomic E-state index is 5.36. The van der Waals surface area contributed by atoms with Gasteiger partial charge in [-0.15, -0.1) is 0 Å². The molecule has 0 bridgehead atoms. The Hall–Kier alpha value is -0.300. The van der Waals surface area contributed by atoms with E-state index in [1.165, 1.54) is 0 Å². The van der Waals surface area contributed by atoms with Crippen LogP contribution in [0.25, 0.3) is 0 Å². The molecule has 1 nitrogen and oxygen atoms in total. The molecule has 1 heteroatoms. The molecule has 0 amide bonds. The van der Waals surface area contributed by atoms with Crippen LogP contribution >= 0.6 is 0 Å². The molecule has 0 rings (SSSR count). The highest BCUT2D eigenvalue weighted by Gasteiger charge is 1.90. The molecule has 0 aliphatic rings. The fraction of sp³-hybridized carbons (Fsp3) is 0.800. The van der Waals surface area contributed by atoms with Gasteiger partial charge in [0, 0.05) is 6.61 Å². The van der Waals surface area contributed by atoms with Crippen molar-refractivity contribution in [3.63, 3.8) is 0 Å². The van der Waals surface area contributed by atoms with Gasteiger partial charge in [-0.1, -0.05) is 39.8 Å². The van der Waals surface area contributed by atoms with E-state index in [0.717, 1.165) is 13.2 Å². The summed E-state index contributed by atoms with van der Waals surface area (Å²) in [5, 5.41) is 0. The minimum absolute atomic E-state index is 0.637. The van der Waals surface area contributed by atoms with Crippen LogP contribution in [-0.4, -0.2) is 13.2 Å². The largest absolute Gasteiger partial charge is 0.377 e. The summed E-state index contributed by atoms with van der Waals surface area (Å²) < 4.78 is 5.36. The molecule has 0 saturated carbocycles. The quantitative estimate of drug-likeness (QED) is 0.439. The molecule has 0 aliphatic carbocycles. The molecule has 0 aromatic carbocycles. The Kier molecular flexibility index (Phi) is 6.24. The Balaban J connectivity index is 3.14. The first-order valence-corrected chi connectivity index (χ1v) is 4.37. The summed E-state index contributed by atoms with van der Waals surface area (Å²) in [6.45, 7) is 10.3. The Morgan fingerprint density at radius 3 is 2.27 bits per heavy atom. The van der Waals surface area contributed by atoms with E-state index in [-0.39, 0.29) is 0 Å². The third-order valence-corrected chi connectivity index (χ3v) is 1.19. The highest BCUT2D eigenvalue weighted by atomic mass is 16.5. The molecule has 0 fully saturated rings. The van der Waals surface area contributed by atoms with E-state index >= 15 is 0 Å². The van der Waals surface area contributed by atoms with Crippen molar-refractivity contribution >= 4 is 0 Å². The first kappa shape index (κ1) is 10.7. The monoisotopic (exact) mass is 156 g/mol. The molecule has 0 saturated heterocycles. The van der Waals surface area contributed by atoms with Crippen LogP contribution in [0.1, 0.15) is 27.7 Å². The van der Waals surface area contributed by atoms with Gasteiger partial charge in [-0.05, 0) is 11.8 Å². The van der Waals surface area contributed by atoms with E-state index in [4.69, 9.17) is 4.74 Å². The summed E-state index contributed by atoms with van der Waals surface area (Å²) in [4.78, 5) is 0. The number of hydrogen-bond acceptors (Lipinski definition) is 1. The van der Waals surface area contributed by atoms with Gasteiger partial charge in [0.05, 0.1) is 6.61 Å². The van der Waals surface area contributed by atoms with Crippen molar-refractivity contribution in [1.82, 2.24) is 0 Å². The molecule has 0 aromatic rings. The molecule has 0 heterocycles. The maximum atomic E-state index is 5.36. The molecule has 66 valence electrons. The second-order valence-corrected chi connectivity index (χ2v) is 3.60. The van der Waals surface area contributed by atoms with Crippen molar-refractivity contribution in [3.05, 3.63) is 12.2 Å². The highest BCUT2D eigenvalue weighted by Crippen LogP contribution is 1.95. The maximum Gasteiger partial charge on any atom is 0.0647 e. The van der Waals surface area contributed by atoms with Crippen molar-refractivity contribution in [3.8, 4) is 0 Å². The average molecular weight is 156 g/mol. The van der Waals surface area contributed by atoms with E-state index in [0.29, 0.717) is 11.8 Å². The van der Waals surface area contributed by atoms with E-state index in [2.05, 4.69) is 39.8 Å². The molecule has 0 radical (unpaired) electrons. The number of rotatable bonds is 5. The van der Waals surface area contributed by atoms with Gasteiger partial charge in [-0.2, -0.15) is 0 Å². The van der Waals surface area contributed by atoms with Crippen LogP contribution in [0.5, 0.6) is 0 Å². The highest BCUT2D eigenvalue weighted by molar-refractivity contribution is 4.83. The Bertz CT molecular complexity index is 103. The fourth-order valence-electron chi connectivity index (χ4n) is 0.700. The predicted molar refractivity (Wildman–Crippen MR) is 49.6 cm³/mol. The lowest BCUT2D eigenvalue weighted by atomic mass is 10.2. The lowest BCUT2D eigenvalue weighted by molar-refractivity contribution is 0.134. The van der Waals surface area contributed by atoms with E-state index in [9.17, 15) is 0 Å². The van der Waals surface area contributed by atoms with Crippen LogP contribution in [0.15, 0.2) is 12.2 Å². The van der Waals surface area contributed by atoms with Gasteiger partial charge in [0.15, 0.2) is 0 Å². The molecule has 0 unspecified atom stereocenters. The van der Waals surface area contributed by atoms with E-state index in [1.54, 1.807) is 0 Å². The number of allylic oxidation sites excluding steroid dienone is 1. The standard InChI is InChI=1S/C10H20O/c1-9(2)6-5-7-11-8-10(3)4/h5-6,9-10H,7-8H2,1-4H3/b6-5-. The Labute approximate surface area is 70.4 Å². The number of ether oxygens (including phenoxy) is 1. The van der Waals surface area contributed by atoms with Crippen LogP contribution in [-0.2, 0) is 4.74 Å². The second kappa shape index (κ2) is 6.41. The van der Waals surface area contributed by atoms with E-state index < -0.39 is 0 Å². The topological polar surface area (TPSA) is 9.23 Å². The molecule has 0 atom stereocenters. The first-order chi connectivity index (χ1) is 5.13. The normalized spacial score (nSPS) is 12.2. The summed E-state index contributed by atoms with van der Waals surface area (Å²) in [6, 6.07) is 0. The summed E-state index contributed by atoms with van der Waals surface area (Å²) in [6.07, 6.45) is 4.26. The Morgan fingerprint density at radius 2 is 1.82 bits per heavy atom. The third kappa shape index (κ3) is 9.70. The van der Waals surface area contributed by atoms with Crippen molar-refractivity contribution in [1.29, 1.82) is 0 Å².